The molecule has 1 heterocycles. The molecule has 1 atom stereocenters. The first-order chi connectivity index (χ1) is 11.6. The molecule has 0 bridgehead atoms. The van der Waals surface area contributed by atoms with Gasteiger partial charge in [0, 0.05) is 0 Å². The van der Waals surface area contributed by atoms with Gasteiger partial charge < -0.3 is 15.5 Å². The Hall–Kier alpha value is -2.59. The van der Waals surface area contributed by atoms with Crippen molar-refractivity contribution in [2.75, 3.05) is 0 Å². The van der Waals surface area contributed by atoms with Gasteiger partial charge in [-0.25, -0.2) is 4.98 Å². The average molecular weight is 321 g/mol. The van der Waals surface area contributed by atoms with E-state index in [-0.39, 0.29) is 6.04 Å². The minimum atomic E-state index is -0.0766. The summed E-state index contributed by atoms with van der Waals surface area (Å²) in [5, 5.41) is 0. The van der Waals surface area contributed by atoms with Crippen LogP contribution in [0.25, 0.3) is 11.3 Å². The maximum Gasteiger partial charge on any atom is 0.123 e. The fourth-order valence-corrected chi connectivity index (χ4v) is 2.44. The van der Waals surface area contributed by atoms with Gasteiger partial charge in [0.1, 0.15) is 18.2 Å². The Bertz CT molecular complexity index is 763. The average Bonchev–Trinajstić information content (AvgIpc) is 3.10. The predicted octanol–water partition coefficient (Wildman–Crippen LogP) is 4.31. The van der Waals surface area contributed by atoms with Crippen molar-refractivity contribution in [1.82, 2.24) is 9.97 Å². The largest absolute Gasteiger partial charge is 0.489 e. The second kappa shape index (κ2) is 7.32. The van der Waals surface area contributed by atoms with Crippen molar-refractivity contribution < 1.29 is 4.74 Å². The van der Waals surface area contributed by atoms with Crippen molar-refractivity contribution in [2.45, 2.75) is 26.5 Å². The number of aromatic nitrogens is 2. The van der Waals surface area contributed by atoms with Gasteiger partial charge in [0.05, 0.1) is 17.9 Å². The Labute approximate surface area is 142 Å². The van der Waals surface area contributed by atoms with E-state index in [1.165, 1.54) is 0 Å². The monoisotopic (exact) mass is 321 g/mol. The molecule has 2 aromatic carbocycles. The van der Waals surface area contributed by atoms with E-state index in [0.29, 0.717) is 12.5 Å². The summed E-state index contributed by atoms with van der Waals surface area (Å²) in [5.41, 5.74) is 9.32. The molecule has 3 N–H and O–H groups in total. The van der Waals surface area contributed by atoms with E-state index < -0.39 is 0 Å². The van der Waals surface area contributed by atoms with E-state index in [0.717, 1.165) is 28.4 Å². The third-order valence-electron chi connectivity index (χ3n) is 4.04. The molecule has 3 aromatic rings. The Morgan fingerprint density at radius 1 is 1.04 bits per heavy atom. The zero-order valence-electron chi connectivity index (χ0n) is 14.1. The lowest BCUT2D eigenvalue weighted by atomic mass is 10.1. The van der Waals surface area contributed by atoms with Crippen molar-refractivity contribution in [3.8, 4) is 17.0 Å². The van der Waals surface area contributed by atoms with Crippen LogP contribution in [0.15, 0.2) is 60.8 Å². The van der Waals surface area contributed by atoms with Crippen LogP contribution in [0.2, 0.25) is 0 Å². The van der Waals surface area contributed by atoms with Crippen LogP contribution < -0.4 is 10.5 Å². The highest BCUT2D eigenvalue weighted by atomic mass is 16.5. The van der Waals surface area contributed by atoms with Crippen LogP contribution in [-0.4, -0.2) is 9.97 Å². The topological polar surface area (TPSA) is 63.9 Å². The highest BCUT2D eigenvalue weighted by Crippen LogP contribution is 2.24. The number of nitrogens with zero attached hydrogens (tertiary/aromatic N) is 1. The molecular weight excluding hydrogens is 298 g/mol. The number of nitrogens with one attached hydrogen (secondary N) is 1. The van der Waals surface area contributed by atoms with Gasteiger partial charge in [-0.2, -0.15) is 0 Å². The lowest BCUT2D eigenvalue weighted by molar-refractivity contribution is 0.306. The van der Waals surface area contributed by atoms with Crippen molar-refractivity contribution in [3.05, 3.63) is 72.2 Å². The molecule has 0 radical (unpaired) electrons. The Balaban J connectivity index is 1.66. The SMILES string of the molecule is CC(C)C(N)c1ncc(-c2ccc(OCc3ccccc3)cc2)[nH]1. The van der Waals surface area contributed by atoms with Crippen molar-refractivity contribution in [1.29, 1.82) is 0 Å². The van der Waals surface area contributed by atoms with Crippen LogP contribution in [-0.2, 0) is 6.61 Å². The summed E-state index contributed by atoms with van der Waals surface area (Å²) in [6.45, 7) is 4.75. The van der Waals surface area contributed by atoms with E-state index in [9.17, 15) is 0 Å². The van der Waals surface area contributed by atoms with E-state index in [1.54, 1.807) is 0 Å². The number of H-pyrrole nitrogens is 1. The lowest BCUT2D eigenvalue weighted by Crippen LogP contribution is -2.18. The van der Waals surface area contributed by atoms with Crippen LogP contribution in [0.3, 0.4) is 0 Å². The first kappa shape index (κ1) is 16.3. The van der Waals surface area contributed by atoms with Crippen LogP contribution in [0.1, 0.15) is 31.3 Å². The molecule has 0 spiro atoms. The van der Waals surface area contributed by atoms with Gasteiger partial charge in [0.2, 0.25) is 0 Å². The molecule has 0 aliphatic rings. The summed E-state index contributed by atoms with van der Waals surface area (Å²) in [7, 11) is 0. The zero-order valence-corrected chi connectivity index (χ0v) is 14.1. The van der Waals surface area contributed by atoms with Crippen LogP contribution >= 0.6 is 0 Å². The van der Waals surface area contributed by atoms with E-state index in [1.807, 2.05) is 48.7 Å². The molecule has 1 aromatic heterocycles. The highest BCUT2D eigenvalue weighted by Gasteiger charge is 2.14. The molecule has 124 valence electrons. The van der Waals surface area contributed by atoms with Crippen LogP contribution in [0, 0.1) is 5.92 Å². The van der Waals surface area contributed by atoms with Gasteiger partial charge in [-0.1, -0.05) is 44.2 Å². The molecule has 0 aliphatic carbocycles. The normalized spacial score (nSPS) is 12.3. The quantitative estimate of drug-likeness (QED) is 0.711. The first-order valence-electron chi connectivity index (χ1n) is 8.21. The maximum absolute atomic E-state index is 6.13. The van der Waals surface area contributed by atoms with Crippen molar-refractivity contribution in [2.24, 2.45) is 11.7 Å². The van der Waals surface area contributed by atoms with E-state index in [4.69, 9.17) is 10.5 Å². The van der Waals surface area contributed by atoms with Gasteiger partial charge in [-0.05, 0) is 41.3 Å². The lowest BCUT2D eigenvalue weighted by Gasteiger charge is -2.12. The van der Waals surface area contributed by atoms with Crippen molar-refractivity contribution in [3.63, 3.8) is 0 Å². The molecule has 4 heteroatoms. The Kier molecular flexibility index (Phi) is 4.96. The van der Waals surface area contributed by atoms with E-state index in [2.05, 4.69) is 35.9 Å². The molecule has 0 saturated heterocycles. The third-order valence-corrected chi connectivity index (χ3v) is 4.04. The number of benzene rings is 2. The predicted molar refractivity (Wildman–Crippen MR) is 96.6 cm³/mol. The minimum absolute atomic E-state index is 0.0766. The van der Waals surface area contributed by atoms with Gasteiger partial charge in [-0.3, -0.25) is 0 Å². The van der Waals surface area contributed by atoms with Crippen molar-refractivity contribution >= 4 is 0 Å². The number of ether oxygens (including phenoxy) is 1. The van der Waals surface area contributed by atoms with E-state index >= 15 is 0 Å². The number of imidazole rings is 1. The fraction of sp³-hybridized carbons (Fsp3) is 0.250. The number of nitrogens with two attached hydrogens (primary N) is 1. The Morgan fingerprint density at radius 3 is 2.42 bits per heavy atom. The molecular formula is C20H23N3O. The highest BCUT2D eigenvalue weighted by molar-refractivity contribution is 5.59. The van der Waals surface area contributed by atoms with Gasteiger partial charge in [0.15, 0.2) is 0 Å². The fourth-order valence-electron chi connectivity index (χ4n) is 2.44. The molecule has 0 saturated carbocycles. The smallest absolute Gasteiger partial charge is 0.123 e. The molecule has 0 aliphatic heterocycles. The Morgan fingerprint density at radius 2 is 1.75 bits per heavy atom. The second-order valence-electron chi connectivity index (χ2n) is 6.25. The summed E-state index contributed by atoms with van der Waals surface area (Å²) >= 11 is 0. The van der Waals surface area contributed by atoms with Crippen LogP contribution in [0.5, 0.6) is 5.75 Å². The second-order valence-corrected chi connectivity index (χ2v) is 6.25. The first-order valence-corrected chi connectivity index (χ1v) is 8.21. The summed E-state index contributed by atoms with van der Waals surface area (Å²) in [4.78, 5) is 7.71. The number of aromatic amines is 1. The molecule has 4 nitrogen and oxygen atoms in total. The third kappa shape index (κ3) is 3.84. The van der Waals surface area contributed by atoms with Gasteiger partial charge in [-0.15, -0.1) is 0 Å². The van der Waals surface area contributed by atoms with Gasteiger partial charge in [0.25, 0.3) is 0 Å². The number of hydrogen-bond acceptors (Lipinski definition) is 3. The van der Waals surface area contributed by atoms with Crippen LogP contribution in [0.4, 0.5) is 0 Å². The standard InChI is InChI=1S/C20H23N3O/c1-14(2)19(21)20-22-12-18(23-20)16-8-10-17(11-9-16)24-13-15-6-4-3-5-7-15/h3-12,14,19H,13,21H2,1-2H3,(H,22,23). The number of hydrogen-bond donors (Lipinski definition) is 2. The van der Waals surface area contributed by atoms with Gasteiger partial charge >= 0.3 is 0 Å². The maximum atomic E-state index is 6.13. The summed E-state index contributed by atoms with van der Waals surface area (Å²) in [6, 6.07) is 18.1. The zero-order chi connectivity index (χ0) is 16.9. The molecule has 0 fully saturated rings. The molecule has 3 rings (SSSR count). The molecule has 1 unspecified atom stereocenters. The summed E-state index contributed by atoms with van der Waals surface area (Å²) in [6.07, 6.45) is 1.83. The minimum Gasteiger partial charge on any atom is -0.489 e. The summed E-state index contributed by atoms with van der Waals surface area (Å²) < 4.78 is 5.81. The number of rotatable bonds is 6. The molecule has 0 amide bonds. The summed E-state index contributed by atoms with van der Waals surface area (Å²) in [5.74, 6) is 2.02. The molecule has 24 heavy (non-hydrogen) atoms.